The maximum absolute atomic E-state index is 14.0. The van der Waals surface area contributed by atoms with Crippen LogP contribution in [0.3, 0.4) is 0 Å². The van der Waals surface area contributed by atoms with Crippen molar-refractivity contribution < 1.29 is 36.6 Å². The van der Waals surface area contributed by atoms with E-state index in [2.05, 4.69) is 5.32 Å². The number of halogens is 1. The summed E-state index contributed by atoms with van der Waals surface area (Å²) in [5, 5.41) is 2.88. The third kappa shape index (κ3) is 8.38. The Morgan fingerprint density at radius 3 is 2.02 bits per heavy atom. The van der Waals surface area contributed by atoms with Crippen LogP contribution in [0.2, 0.25) is 0 Å². The highest BCUT2D eigenvalue weighted by molar-refractivity contribution is 7.92. The van der Waals surface area contributed by atoms with Crippen molar-refractivity contribution >= 4 is 27.5 Å². The van der Waals surface area contributed by atoms with Crippen LogP contribution >= 0.6 is 0 Å². The first-order valence-corrected chi connectivity index (χ1v) is 14.9. The fourth-order valence-electron chi connectivity index (χ4n) is 4.22. The largest absolute Gasteiger partial charge is 0.497 e. The number of amides is 2. The maximum Gasteiger partial charge on any atom is 0.264 e. The highest BCUT2D eigenvalue weighted by Gasteiger charge is 2.34. The molecule has 12 heteroatoms. The number of hydrogen-bond acceptors (Lipinski definition) is 7. The van der Waals surface area contributed by atoms with Gasteiger partial charge in [0.15, 0.2) is 11.5 Å². The van der Waals surface area contributed by atoms with Crippen molar-refractivity contribution in [1.29, 1.82) is 0 Å². The number of rotatable bonds is 12. The van der Waals surface area contributed by atoms with Gasteiger partial charge in [0.25, 0.3) is 10.0 Å². The second-order valence-corrected chi connectivity index (χ2v) is 12.7. The average molecular weight is 616 g/mol. The molecule has 43 heavy (non-hydrogen) atoms. The third-order valence-electron chi connectivity index (χ3n) is 6.51. The van der Waals surface area contributed by atoms with E-state index >= 15 is 0 Å². The summed E-state index contributed by atoms with van der Waals surface area (Å²) in [6, 6.07) is 14.8. The Hall–Kier alpha value is -4.32. The number of carbonyl (C=O) groups is 2. The molecule has 3 rings (SSSR count). The molecular formula is C31H38FN3O7S. The van der Waals surface area contributed by atoms with Gasteiger partial charge in [-0.25, -0.2) is 12.8 Å². The summed E-state index contributed by atoms with van der Waals surface area (Å²) in [6.45, 7) is 6.37. The highest BCUT2D eigenvalue weighted by Crippen LogP contribution is 2.32. The van der Waals surface area contributed by atoms with E-state index < -0.39 is 45.8 Å². The number of sulfonamides is 1. The molecule has 0 bridgehead atoms. The van der Waals surface area contributed by atoms with Crippen LogP contribution in [-0.2, 0) is 26.2 Å². The standard InChI is InChI=1S/C31H38FN3O7S/c1-21(30(37)33-31(2,3)4)34(19-22-8-14-25(40-5)15-9-22)29(36)20-35(24-12-10-23(32)11-13-24)43(38,39)26-16-17-27(41-6)28(18-26)42-7/h8-18,21H,19-20H2,1-7H3,(H,33,37). The van der Waals surface area contributed by atoms with E-state index in [1.165, 1.54) is 56.6 Å². The topological polar surface area (TPSA) is 114 Å². The molecule has 0 aliphatic rings. The Bertz CT molecular complexity index is 1520. The maximum atomic E-state index is 14.0. The SMILES string of the molecule is COc1ccc(CN(C(=O)CN(c2ccc(F)cc2)S(=O)(=O)c2ccc(OC)c(OC)c2)C(C)C(=O)NC(C)(C)C)cc1. The molecule has 0 radical (unpaired) electrons. The molecule has 0 saturated carbocycles. The molecule has 3 aromatic carbocycles. The first-order chi connectivity index (χ1) is 20.2. The fourth-order valence-corrected chi connectivity index (χ4v) is 5.65. The summed E-state index contributed by atoms with van der Waals surface area (Å²) in [5.41, 5.74) is 0.179. The minimum Gasteiger partial charge on any atom is -0.497 e. The number of nitrogens with zero attached hydrogens (tertiary/aromatic N) is 2. The van der Waals surface area contributed by atoms with Crippen LogP contribution in [0.4, 0.5) is 10.1 Å². The Morgan fingerprint density at radius 1 is 0.884 bits per heavy atom. The number of nitrogens with one attached hydrogen (secondary N) is 1. The number of methoxy groups -OCH3 is 3. The van der Waals surface area contributed by atoms with Crippen LogP contribution in [0.1, 0.15) is 33.3 Å². The molecule has 0 aliphatic heterocycles. The molecule has 0 saturated heterocycles. The Labute approximate surface area is 252 Å². The highest BCUT2D eigenvalue weighted by atomic mass is 32.2. The molecular weight excluding hydrogens is 577 g/mol. The Balaban J connectivity index is 2.07. The zero-order chi connectivity index (χ0) is 31.9. The molecule has 10 nitrogen and oxygen atoms in total. The second-order valence-electron chi connectivity index (χ2n) is 10.8. The predicted octanol–water partition coefficient (Wildman–Crippen LogP) is 4.38. The van der Waals surface area contributed by atoms with Gasteiger partial charge in [0.05, 0.1) is 31.9 Å². The average Bonchev–Trinajstić information content (AvgIpc) is 2.97. The molecule has 0 fully saturated rings. The summed E-state index contributed by atoms with van der Waals surface area (Å²) in [6.07, 6.45) is 0. The lowest BCUT2D eigenvalue weighted by Gasteiger charge is -2.33. The lowest BCUT2D eigenvalue weighted by molar-refractivity contribution is -0.140. The molecule has 232 valence electrons. The number of benzene rings is 3. The van der Waals surface area contributed by atoms with Crippen molar-refractivity contribution in [2.24, 2.45) is 0 Å². The van der Waals surface area contributed by atoms with E-state index in [1.54, 1.807) is 31.2 Å². The van der Waals surface area contributed by atoms with Crippen LogP contribution in [0.25, 0.3) is 0 Å². The summed E-state index contributed by atoms with van der Waals surface area (Å²) >= 11 is 0. The first kappa shape index (κ1) is 33.2. The van der Waals surface area contributed by atoms with Crippen LogP contribution in [0.5, 0.6) is 17.2 Å². The summed E-state index contributed by atoms with van der Waals surface area (Å²) < 4.78 is 58.5. The van der Waals surface area contributed by atoms with Gasteiger partial charge in [-0.05, 0) is 81.8 Å². The van der Waals surface area contributed by atoms with Crippen LogP contribution in [0, 0.1) is 5.82 Å². The molecule has 3 aromatic rings. The van der Waals surface area contributed by atoms with E-state index in [0.717, 1.165) is 16.4 Å². The van der Waals surface area contributed by atoms with E-state index in [0.29, 0.717) is 17.1 Å². The second kappa shape index (κ2) is 13.8. The van der Waals surface area contributed by atoms with Gasteiger partial charge in [0.2, 0.25) is 11.8 Å². The summed E-state index contributed by atoms with van der Waals surface area (Å²) in [7, 11) is -0.0725. The van der Waals surface area contributed by atoms with Crippen LogP contribution in [-0.4, -0.2) is 64.6 Å². The van der Waals surface area contributed by atoms with Gasteiger partial charge in [0.1, 0.15) is 24.2 Å². The monoisotopic (exact) mass is 615 g/mol. The van der Waals surface area contributed by atoms with E-state index in [9.17, 15) is 22.4 Å². The number of carbonyl (C=O) groups excluding carboxylic acids is 2. The fraction of sp³-hybridized carbons (Fsp3) is 0.355. The van der Waals surface area contributed by atoms with Crippen molar-refractivity contribution in [1.82, 2.24) is 10.2 Å². The van der Waals surface area contributed by atoms with Crippen molar-refractivity contribution in [2.45, 2.75) is 50.7 Å². The summed E-state index contributed by atoms with van der Waals surface area (Å²) in [4.78, 5) is 28.4. The number of anilines is 1. The minimum atomic E-state index is -4.40. The van der Waals surface area contributed by atoms with Crippen molar-refractivity contribution in [3.8, 4) is 17.2 Å². The van der Waals surface area contributed by atoms with Gasteiger partial charge in [0, 0.05) is 18.2 Å². The normalized spacial score (nSPS) is 12.2. The zero-order valence-electron chi connectivity index (χ0n) is 25.4. The van der Waals surface area contributed by atoms with E-state index in [4.69, 9.17) is 14.2 Å². The zero-order valence-corrected chi connectivity index (χ0v) is 26.2. The molecule has 0 spiro atoms. The van der Waals surface area contributed by atoms with Gasteiger partial charge in [-0.2, -0.15) is 0 Å². The lowest BCUT2D eigenvalue weighted by Crippen LogP contribution is -2.54. The van der Waals surface area contributed by atoms with Gasteiger partial charge < -0.3 is 24.4 Å². The van der Waals surface area contributed by atoms with Crippen molar-refractivity contribution in [3.05, 3.63) is 78.1 Å². The quantitative estimate of drug-likeness (QED) is 0.322. The van der Waals surface area contributed by atoms with Crippen LogP contribution < -0.4 is 23.8 Å². The third-order valence-corrected chi connectivity index (χ3v) is 8.28. The molecule has 0 heterocycles. The van der Waals surface area contributed by atoms with Gasteiger partial charge in [-0.15, -0.1) is 0 Å². The number of hydrogen-bond donors (Lipinski definition) is 1. The Kier molecular flexibility index (Phi) is 10.6. The molecule has 2 amide bonds. The predicted molar refractivity (Wildman–Crippen MR) is 161 cm³/mol. The molecule has 0 aliphatic carbocycles. The van der Waals surface area contributed by atoms with E-state index in [1.807, 2.05) is 20.8 Å². The minimum absolute atomic E-state index is 0.00915. The lowest BCUT2D eigenvalue weighted by atomic mass is 10.1. The summed E-state index contributed by atoms with van der Waals surface area (Å²) in [5.74, 6) is -0.542. The van der Waals surface area contributed by atoms with Crippen molar-refractivity contribution in [2.75, 3.05) is 32.2 Å². The van der Waals surface area contributed by atoms with Gasteiger partial charge >= 0.3 is 0 Å². The van der Waals surface area contributed by atoms with Crippen LogP contribution in [0.15, 0.2) is 71.6 Å². The van der Waals surface area contributed by atoms with Gasteiger partial charge in [-0.1, -0.05) is 12.1 Å². The smallest absolute Gasteiger partial charge is 0.264 e. The van der Waals surface area contributed by atoms with E-state index in [-0.39, 0.29) is 22.9 Å². The van der Waals surface area contributed by atoms with Gasteiger partial charge in [-0.3, -0.25) is 13.9 Å². The van der Waals surface area contributed by atoms with Crippen molar-refractivity contribution in [3.63, 3.8) is 0 Å². The molecule has 0 aromatic heterocycles. The molecule has 1 N–H and O–H groups in total. The first-order valence-electron chi connectivity index (χ1n) is 13.4. The Morgan fingerprint density at radius 2 is 1.49 bits per heavy atom. The molecule has 1 atom stereocenters. The molecule has 1 unspecified atom stereocenters. The number of ether oxygens (including phenoxy) is 3.